The summed E-state index contributed by atoms with van der Waals surface area (Å²) in [6.07, 6.45) is -1.80. The van der Waals surface area contributed by atoms with Gasteiger partial charge in [-0.3, -0.25) is 23.5 Å². The van der Waals surface area contributed by atoms with E-state index >= 15 is 0 Å². The van der Waals surface area contributed by atoms with Crippen LogP contribution in [-0.2, 0) is 20.6 Å². The Balaban J connectivity index is 2.19. The summed E-state index contributed by atoms with van der Waals surface area (Å²) in [4.78, 5) is 28.2. The summed E-state index contributed by atoms with van der Waals surface area (Å²) in [5.74, 6) is -0.0698. The van der Waals surface area contributed by atoms with Crippen molar-refractivity contribution in [3.8, 4) is 17.5 Å². The molecular formula is C16H12F3N7O2S. The fourth-order valence-corrected chi connectivity index (χ4v) is 3.49. The van der Waals surface area contributed by atoms with Crippen molar-refractivity contribution in [3.05, 3.63) is 50.9 Å². The summed E-state index contributed by atoms with van der Waals surface area (Å²) in [6, 6.07) is 4.64. The lowest BCUT2D eigenvalue weighted by atomic mass is 10.2. The Kier molecular flexibility index (Phi) is 5.29. The third-order valence-corrected chi connectivity index (χ3v) is 5.06. The second kappa shape index (κ2) is 7.55. The summed E-state index contributed by atoms with van der Waals surface area (Å²) in [7, 11) is 2.51. The first kappa shape index (κ1) is 20.3. The van der Waals surface area contributed by atoms with Crippen LogP contribution >= 0.6 is 11.8 Å². The molecule has 9 nitrogen and oxygen atoms in total. The Bertz CT molecular complexity index is 1220. The molecule has 0 N–H and O–H groups in total. The molecule has 0 amide bonds. The first-order valence-corrected chi connectivity index (χ1v) is 8.74. The number of hydrogen-bond acceptors (Lipinski definition) is 7. The van der Waals surface area contributed by atoms with Crippen molar-refractivity contribution in [1.82, 2.24) is 28.9 Å². The average molecular weight is 423 g/mol. The number of pyridine rings is 1. The lowest BCUT2D eigenvalue weighted by Crippen LogP contribution is -2.39. The van der Waals surface area contributed by atoms with Crippen LogP contribution in [-0.4, -0.2) is 35.1 Å². The molecule has 0 aromatic carbocycles. The quantitative estimate of drug-likeness (QED) is 0.582. The molecule has 0 aliphatic rings. The molecule has 0 saturated carbocycles. The van der Waals surface area contributed by atoms with Crippen molar-refractivity contribution >= 4 is 11.8 Å². The Hall–Kier alpha value is -3.40. The second-order valence-electron chi connectivity index (χ2n) is 5.84. The Morgan fingerprint density at radius 1 is 1.14 bits per heavy atom. The predicted molar refractivity (Wildman–Crippen MR) is 95.1 cm³/mol. The van der Waals surface area contributed by atoms with Gasteiger partial charge in [-0.25, -0.2) is 4.79 Å². The molecule has 29 heavy (non-hydrogen) atoms. The van der Waals surface area contributed by atoms with Crippen molar-refractivity contribution in [2.75, 3.05) is 0 Å². The summed E-state index contributed by atoms with van der Waals surface area (Å²) in [5, 5.41) is 16.6. The summed E-state index contributed by atoms with van der Waals surface area (Å²) in [5.41, 5.74) is -1.62. The Morgan fingerprint density at radius 3 is 2.38 bits per heavy atom. The summed E-state index contributed by atoms with van der Waals surface area (Å²) in [6.45, 7) is -1.40. The first-order valence-electron chi connectivity index (χ1n) is 7.92. The molecule has 0 bridgehead atoms. The highest BCUT2D eigenvalue weighted by Gasteiger charge is 2.32. The van der Waals surface area contributed by atoms with E-state index in [2.05, 4.69) is 15.2 Å². The van der Waals surface area contributed by atoms with Gasteiger partial charge in [-0.05, 0) is 23.9 Å². The molecular weight excluding hydrogens is 411 g/mol. The van der Waals surface area contributed by atoms with E-state index < -0.39 is 24.0 Å². The monoisotopic (exact) mass is 423 g/mol. The first-order chi connectivity index (χ1) is 13.6. The van der Waals surface area contributed by atoms with Gasteiger partial charge in [0.25, 0.3) is 5.56 Å². The molecule has 0 radical (unpaired) electrons. The van der Waals surface area contributed by atoms with Gasteiger partial charge in [0.15, 0.2) is 11.0 Å². The van der Waals surface area contributed by atoms with Crippen molar-refractivity contribution < 1.29 is 13.2 Å². The second-order valence-corrected chi connectivity index (χ2v) is 6.80. The molecule has 3 rings (SSSR count). The minimum absolute atomic E-state index is 0.0698. The van der Waals surface area contributed by atoms with Crippen molar-refractivity contribution in [3.63, 3.8) is 0 Å². The van der Waals surface area contributed by atoms with E-state index in [0.29, 0.717) is 17.3 Å². The topological polar surface area (TPSA) is 111 Å². The molecule has 13 heteroatoms. The highest BCUT2D eigenvalue weighted by molar-refractivity contribution is 7.99. The van der Waals surface area contributed by atoms with Gasteiger partial charge >= 0.3 is 11.9 Å². The third-order valence-electron chi connectivity index (χ3n) is 3.90. The van der Waals surface area contributed by atoms with Crippen LogP contribution in [0.3, 0.4) is 0 Å². The van der Waals surface area contributed by atoms with Gasteiger partial charge in [0.1, 0.15) is 23.2 Å². The summed E-state index contributed by atoms with van der Waals surface area (Å²) < 4.78 is 42.1. The summed E-state index contributed by atoms with van der Waals surface area (Å²) >= 11 is 0.586. The van der Waals surface area contributed by atoms with E-state index in [4.69, 9.17) is 0 Å². The van der Waals surface area contributed by atoms with Crippen LogP contribution in [0, 0.1) is 11.3 Å². The lowest BCUT2D eigenvalue weighted by Gasteiger charge is -2.14. The van der Waals surface area contributed by atoms with E-state index in [0.717, 1.165) is 13.7 Å². The SMILES string of the molecule is Cn1c(Sc2nnc(-c3ccncc3)n2CC(F)(F)F)c(C#N)c(=O)n(C)c1=O. The minimum Gasteiger partial charge on any atom is -0.293 e. The van der Waals surface area contributed by atoms with E-state index in [1.165, 1.54) is 38.6 Å². The number of nitrogens with zero attached hydrogens (tertiary/aromatic N) is 7. The van der Waals surface area contributed by atoms with Gasteiger partial charge in [-0.15, -0.1) is 10.2 Å². The largest absolute Gasteiger partial charge is 0.406 e. The van der Waals surface area contributed by atoms with Crippen LogP contribution in [0.1, 0.15) is 5.56 Å². The lowest BCUT2D eigenvalue weighted by molar-refractivity contribution is -0.141. The number of hydrogen-bond donors (Lipinski definition) is 0. The van der Waals surface area contributed by atoms with Crippen LogP contribution in [0.15, 0.2) is 44.3 Å². The molecule has 3 aromatic heterocycles. The fraction of sp³-hybridized carbons (Fsp3) is 0.250. The van der Waals surface area contributed by atoms with Crippen LogP contribution in [0.4, 0.5) is 13.2 Å². The molecule has 3 aromatic rings. The molecule has 3 heterocycles. The van der Waals surface area contributed by atoms with Crippen molar-refractivity contribution in [2.45, 2.75) is 22.9 Å². The third kappa shape index (κ3) is 3.92. The smallest absolute Gasteiger partial charge is 0.293 e. The van der Waals surface area contributed by atoms with Crippen LogP contribution in [0.2, 0.25) is 0 Å². The maximum absolute atomic E-state index is 13.2. The number of rotatable bonds is 4. The van der Waals surface area contributed by atoms with Crippen LogP contribution in [0.5, 0.6) is 0 Å². The molecule has 0 aliphatic heterocycles. The molecule has 150 valence electrons. The van der Waals surface area contributed by atoms with Crippen molar-refractivity contribution in [2.24, 2.45) is 14.1 Å². The van der Waals surface area contributed by atoms with E-state index in [1.54, 1.807) is 6.07 Å². The highest BCUT2D eigenvalue weighted by Crippen LogP contribution is 2.32. The standard InChI is InChI=1S/C16H12F3N7O2S/c1-24-12(27)10(7-20)13(25(2)15(24)28)29-14-23-22-11(9-3-5-21-6-4-9)26(14)8-16(17,18)19/h3-6H,8H2,1-2H3. The maximum atomic E-state index is 13.2. The van der Waals surface area contributed by atoms with Gasteiger partial charge in [0.05, 0.1) is 0 Å². The maximum Gasteiger partial charge on any atom is 0.406 e. The van der Waals surface area contributed by atoms with Gasteiger partial charge < -0.3 is 0 Å². The highest BCUT2D eigenvalue weighted by atomic mass is 32.2. The van der Waals surface area contributed by atoms with Crippen LogP contribution in [0.25, 0.3) is 11.4 Å². The van der Waals surface area contributed by atoms with E-state index in [9.17, 15) is 28.0 Å². The number of halogens is 3. The number of nitriles is 1. The molecule has 0 unspecified atom stereocenters. The number of alkyl halides is 3. The molecule has 0 aliphatic carbocycles. The number of aromatic nitrogens is 6. The molecule has 0 fully saturated rings. The van der Waals surface area contributed by atoms with E-state index in [1.807, 2.05) is 0 Å². The van der Waals surface area contributed by atoms with Crippen LogP contribution < -0.4 is 11.2 Å². The zero-order chi connectivity index (χ0) is 21.3. The Morgan fingerprint density at radius 2 is 1.79 bits per heavy atom. The van der Waals surface area contributed by atoms with Gasteiger partial charge in [0.2, 0.25) is 0 Å². The zero-order valence-corrected chi connectivity index (χ0v) is 15.8. The van der Waals surface area contributed by atoms with E-state index in [-0.39, 0.29) is 21.6 Å². The fourth-order valence-electron chi connectivity index (χ4n) is 2.53. The normalized spacial score (nSPS) is 11.4. The van der Waals surface area contributed by atoms with Gasteiger partial charge in [0, 0.05) is 32.1 Å². The van der Waals surface area contributed by atoms with Crippen molar-refractivity contribution in [1.29, 1.82) is 5.26 Å². The van der Waals surface area contributed by atoms with Gasteiger partial charge in [-0.2, -0.15) is 18.4 Å². The minimum atomic E-state index is -4.59. The molecule has 0 saturated heterocycles. The Labute approximate surface area is 165 Å². The average Bonchev–Trinajstić information content (AvgIpc) is 3.06. The van der Waals surface area contributed by atoms with Gasteiger partial charge in [-0.1, -0.05) is 0 Å². The zero-order valence-electron chi connectivity index (χ0n) is 15.0. The molecule has 0 atom stereocenters. The molecule has 0 spiro atoms. The predicted octanol–water partition coefficient (Wildman–Crippen LogP) is 1.32.